The first kappa shape index (κ1) is 28.4. The highest BCUT2D eigenvalue weighted by Gasteiger charge is 2.26. The lowest BCUT2D eigenvalue weighted by molar-refractivity contribution is 0.0939. The van der Waals surface area contributed by atoms with Gasteiger partial charge in [-0.15, -0.1) is 5.10 Å². The summed E-state index contributed by atoms with van der Waals surface area (Å²) in [5.74, 6) is 6.90. The Labute approximate surface area is 253 Å². The van der Waals surface area contributed by atoms with E-state index >= 15 is 0 Å². The first-order valence-electron chi connectivity index (χ1n) is 14.1. The van der Waals surface area contributed by atoms with E-state index < -0.39 is 11.9 Å². The number of carbonyl (C=O) groups excluding carboxylic acids is 1. The number of nitrogens with one attached hydrogen (secondary N) is 2. The number of benzene rings is 2. The number of nitrogens with two attached hydrogens (primary N) is 1. The molecule has 6 rings (SSSR count). The molecule has 2 aromatic carbocycles. The zero-order chi connectivity index (χ0) is 30.8. The molecule has 3 aromatic heterocycles. The summed E-state index contributed by atoms with van der Waals surface area (Å²) in [4.78, 5) is 32.7. The zero-order valence-electron chi connectivity index (χ0n) is 24.5. The second kappa shape index (κ2) is 11.9. The number of hydrogen-bond acceptors (Lipinski definition) is 8. The predicted molar refractivity (Wildman–Crippen MR) is 168 cm³/mol. The maximum atomic E-state index is 14.3. The van der Waals surface area contributed by atoms with Crippen LogP contribution in [0.2, 0.25) is 0 Å². The topological polar surface area (TPSA) is 147 Å². The normalized spacial score (nSPS) is 12.7. The number of aromatic nitrogens is 6. The number of nitrogens with zero attached hydrogens (tertiary/aromatic N) is 6. The van der Waals surface area contributed by atoms with Gasteiger partial charge in [0, 0.05) is 38.9 Å². The van der Waals surface area contributed by atoms with Crippen molar-refractivity contribution in [2.45, 2.75) is 19.4 Å². The summed E-state index contributed by atoms with van der Waals surface area (Å²) < 4.78 is 10.1. The van der Waals surface area contributed by atoms with Gasteiger partial charge in [-0.05, 0) is 37.3 Å². The molecule has 1 unspecified atom stereocenters. The number of para-hydroxylation sites is 1. The summed E-state index contributed by atoms with van der Waals surface area (Å²) in [5.41, 5.74) is 9.35. The third kappa shape index (κ3) is 5.21. The van der Waals surface area contributed by atoms with Gasteiger partial charge in [0.2, 0.25) is 0 Å². The summed E-state index contributed by atoms with van der Waals surface area (Å²) in [7, 11) is 3.51. The number of fused-ring (bicyclic) bond motifs is 2. The van der Waals surface area contributed by atoms with Crippen molar-refractivity contribution in [2.24, 2.45) is 7.05 Å². The lowest BCUT2D eigenvalue weighted by Gasteiger charge is -2.20. The monoisotopic (exact) mass is 589 g/mol. The van der Waals surface area contributed by atoms with E-state index in [1.54, 1.807) is 43.2 Å². The summed E-state index contributed by atoms with van der Waals surface area (Å²) >= 11 is 0. The van der Waals surface area contributed by atoms with Gasteiger partial charge in [-0.1, -0.05) is 36.1 Å². The molecule has 222 valence electrons. The van der Waals surface area contributed by atoms with Gasteiger partial charge in [-0.3, -0.25) is 18.8 Å². The first-order chi connectivity index (χ1) is 21.4. The highest BCUT2D eigenvalue weighted by molar-refractivity contribution is 6.04. The molecule has 1 amide bonds. The Morgan fingerprint density at radius 3 is 2.75 bits per heavy atom. The van der Waals surface area contributed by atoms with Gasteiger partial charge in [0.15, 0.2) is 5.82 Å². The van der Waals surface area contributed by atoms with Crippen LogP contribution in [-0.4, -0.2) is 55.3 Å². The quantitative estimate of drug-likeness (QED) is 0.246. The molecule has 44 heavy (non-hydrogen) atoms. The van der Waals surface area contributed by atoms with Crippen LogP contribution in [0.3, 0.4) is 0 Å². The van der Waals surface area contributed by atoms with Crippen molar-refractivity contribution in [2.75, 3.05) is 31.3 Å². The standard InChI is InChI=1S/C32H31N9O3/c1-20(36-31(42)27-28(33)38-40-17-8-16-34-30(27)40)29-37-24-12-7-9-21(13-14-22-19-35-39(2)25(22)15-18-44-3)26(24)32(43)41(29)23-10-5-4-6-11-23/h4-12,17,19-20,34H,15-16,18H2,1-3H3,(H2,33,38)(H,36,42). The van der Waals surface area contributed by atoms with Crippen LogP contribution in [0.4, 0.5) is 11.6 Å². The Morgan fingerprint density at radius 2 is 1.95 bits per heavy atom. The fraction of sp³-hybridized carbons (Fsp3) is 0.219. The minimum atomic E-state index is -0.678. The van der Waals surface area contributed by atoms with Gasteiger partial charge < -0.3 is 21.1 Å². The van der Waals surface area contributed by atoms with E-state index in [4.69, 9.17) is 15.5 Å². The van der Waals surface area contributed by atoms with Crippen LogP contribution in [0.15, 0.2) is 65.6 Å². The average Bonchev–Trinajstić information content (AvgIpc) is 3.56. The number of nitrogen functional groups attached to an aromatic ring is 1. The molecular weight excluding hydrogens is 558 g/mol. The van der Waals surface area contributed by atoms with Gasteiger partial charge in [0.05, 0.1) is 46.7 Å². The Bertz CT molecular complexity index is 2030. The number of hydrogen-bond donors (Lipinski definition) is 3. The molecule has 0 bridgehead atoms. The lowest BCUT2D eigenvalue weighted by Crippen LogP contribution is -2.34. The smallest absolute Gasteiger partial charge is 0.267 e. The van der Waals surface area contributed by atoms with Crippen molar-refractivity contribution >= 4 is 34.6 Å². The average molecular weight is 590 g/mol. The molecule has 1 atom stereocenters. The lowest BCUT2D eigenvalue weighted by atomic mass is 10.1. The molecule has 0 spiro atoms. The number of amides is 1. The van der Waals surface area contributed by atoms with Gasteiger partial charge in [0.1, 0.15) is 17.2 Å². The van der Waals surface area contributed by atoms with E-state index in [0.29, 0.717) is 53.4 Å². The van der Waals surface area contributed by atoms with Crippen molar-refractivity contribution in [3.63, 3.8) is 0 Å². The number of anilines is 2. The summed E-state index contributed by atoms with van der Waals surface area (Å²) in [6, 6.07) is 13.9. The van der Waals surface area contributed by atoms with Crippen molar-refractivity contribution in [3.8, 4) is 17.5 Å². The number of rotatable bonds is 7. The molecule has 12 heteroatoms. The fourth-order valence-corrected chi connectivity index (χ4v) is 5.26. The highest BCUT2D eigenvalue weighted by atomic mass is 16.5. The molecule has 12 nitrogen and oxygen atoms in total. The van der Waals surface area contributed by atoms with Crippen molar-refractivity contribution in [1.29, 1.82) is 0 Å². The van der Waals surface area contributed by atoms with Gasteiger partial charge in [0.25, 0.3) is 11.5 Å². The van der Waals surface area contributed by atoms with Gasteiger partial charge in [-0.2, -0.15) is 5.10 Å². The van der Waals surface area contributed by atoms with Gasteiger partial charge in [-0.25, -0.2) is 9.67 Å². The summed E-state index contributed by atoms with van der Waals surface area (Å²) in [5, 5.41) is 15.1. The molecule has 0 fully saturated rings. The molecule has 4 heterocycles. The third-order valence-electron chi connectivity index (χ3n) is 7.41. The molecular formula is C32H31N9O3. The zero-order valence-corrected chi connectivity index (χ0v) is 24.5. The molecule has 0 saturated carbocycles. The molecule has 1 aliphatic rings. The molecule has 0 radical (unpaired) electrons. The summed E-state index contributed by atoms with van der Waals surface area (Å²) in [6.07, 6.45) is 5.98. The number of ether oxygens (including phenoxy) is 1. The van der Waals surface area contributed by atoms with E-state index in [-0.39, 0.29) is 16.9 Å². The molecule has 4 N–H and O–H groups in total. The Kier molecular flexibility index (Phi) is 7.70. The van der Waals surface area contributed by atoms with Crippen LogP contribution in [0, 0.1) is 11.8 Å². The number of carbonyl (C=O) groups is 1. The van der Waals surface area contributed by atoms with Crippen LogP contribution in [0.25, 0.3) is 22.8 Å². The summed E-state index contributed by atoms with van der Waals surface area (Å²) in [6.45, 7) is 2.86. The Hall–Kier alpha value is -5.67. The van der Waals surface area contributed by atoms with Crippen LogP contribution < -0.4 is 21.9 Å². The first-order valence-corrected chi connectivity index (χ1v) is 14.1. The minimum absolute atomic E-state index is 0.0953. The van der Waals surface area contributed by atoms with E-state index in [2.05, 4.69) is 32.7 Å². The molecule has 1 aliphatic heterocycles. The van der Waals surface area contributed by atoms with E-state index in [0.717, 1.165) is 11.3 Å². The number of methoxy groups -OCH3 is 1. The Morgan fingerprint density at radius 1 is 1.16 bits per heavy atom. The van der Waals surface area contributed by atoms with Crippen LogP contribution in [0.5, 0.6) is 0 Å². The second-order valence-electron chi connectivity index (χ2n) is 10.3. The van der Waals surface area contributed by atoms with Crippen LogP contribution in [-0.2, 0) is 18.2 Å². The second-order valence-corrected chi connectivity index (χ2v) is 10.3. The predicted octanol–water partition coefficient (Wildman–Crippen LogP) is 2.87. The molecule has 0 saturated heterocycles. The highest BCUT2D eigenvalue weighted by Crippen LogP contribution is 2.26. The van der Waals surface area contributed by atoms with Crippen LogP contribution >= 0.6 is 0 Å². The fourth-order valence-electron chi connectivity index (χ4n) is 5.26. The molecule has 5 aromatic rings. The van der Waals surface area contributed by atoms with E-state index in [9.17, 15) is 9.59 Å². The minimum Gasteiger partial charge on any atom is -0.384 e. The molecule has 0 aliphatic carbocycles. The maximum Gasteiger partial charge on any atom is 0.267 e. The van der Waals surface area contributed by atoms with Gasteiger partial charge >= 0.3 is 0 Å². The SMILES string of the molecule is COCCc1c(C#Cc2cccc3nc(C(C)NC(=O)c4c(N)nn5c4NCC=C5)n(-c4ccccc4)c(=O)c23)cnn1C. The van der Waals surface area contributed by atoms with Crippen LogP contribution in [0.1, 0.15) is 46.0 Å². The van der Waals surface area contributed by atoms with Crippen molar-refractivity contribution < 1.29 is 9.53 Å². The maximum absolute atomic E-state index is 14.3. The third-order valence-corrected chi connectivity index (χ3v) is 7.41. The Balaban J connectivity index is 1.44. The van der Waals surface area contributed by atoms with Crippen molar-refractivity contribution in [3.05, 3.63) is 99.4 Å². The van der Waals surface area contributed by atoms with E-state index in [1.807, 2.05) is 49.5 Å². The largest absolute Gasteiger partial charge is 0.384 e. The van der Waals surface area contributed by atoms with E-state index in [1.165, 1.54) is 9.25 Å². The van der Waals surface area contributed by atoms with Crippen molar-refractivity contribution in [1.82, 2.24) is 34.4 Å². The number of aryl methyl sites for hydroxylation is 1.